The molecule has 0 atom stereocenters. The lowest BCUT2D eigenvalue weighted by molar-refractivity contribution is 0.249. The van der Waals surface area contributed by atoms with E-state index in [1.54, 1.807) is 12.3 Å². The molecule has 0 radical (unpaired) electrons. The van der Waals surface area contributed by atoms with Gasteiger partial charge in [-0.2, -0.15) is 5.10 Å². The number of primary amides is 1. The van der Waals surface area contributed by atoms with Crippen LogP contribution in [0.1, 0.15) is 30.4 Å². The van der Waals surface area contributed by atoms with E-state index in [2.05, 4.69) is 15.4 Å². The highest BCUT2D eigenvalue weighted by atomic mass is 16.2. The van der Waals surface area contributed by atoms with Crippen LogP contribution in [0.4, 0.5) is 10.6 Å². The van der Waals surface area contributed by atoms with Crippen LogP contribution in [0.25, 0.3) is 5.65 Å². The molecule has 3 rings (SSSR count). The fraction of sp³-hybridized carbons (Fsp3) is 0.375. The van der Waals surface area contributed by atoms with Gasteiger partial charge in [-0.3, -0.25) is 9.20 Å². The SMILES string of the molecule is Cc1cccn2c(=O)c(/C=N\NC(N)=O)c(N3CCCCC3)nc12. The maximum absolute atomic E-state index is 12.9. The smallest absolute Gasteiger partial charge is 0.332 e. The van der Waals surface area contributed by atoms with Gasteiger partial charge in [0.2, 0.25) is 0 Å². The van der Waals surface area contributed by atoms with Crippen molar-refractivity contribution in [2.45, 2.75) is 26.2 Å². The van der Waals surface area contributed by atoms with E-state index in [0.717, 1.165) is 31.5 Å². The van der Waals surface area contributed by atoms with Crippen molar-refractivity contribution in [3.8, 4) is 0 Å². The number of carbonyl (C=O) groups is 1. The first-order valence-electron chi connectivity index (χ1n) is 7.93. The molecule has 0 aromatic carbocycles. The van der Waals surface area contributed by atoms with Gasteiger partial charge in [-0.15, -0.1) is 0 Å². The normalized spacial score (nSPS) is 15.1. The molecule has 1 saturated heterocycles. The zero-order valence-electron chi connectivity index (χ0n) is 13.5. The first-order valence-corrected chi connectivity index (χ1v) is 7.93. The Labute approximate surface area is 139 Å². The Bertz CT molecular complexity index is 852. The van der Waals surface area contributed by atoms with Crippen LogP contribution in [-0.2, 0) is 0 Å². The van der Waals surface area contributed by atoms with Gasteiger partial charge >= 0.3 is 6.03 Å². The topological polar surface area (TPSA) is 105 Å². The predicted octanol–water partition coefficient (Wildman–Crippen LogP) is 0.995. The summed E-state index contributed by atoms with van der Waals surface area (Å²) in [6.45, 7) is 3.61. The molecule has 0 saturated carbocycles. The molecule has 2 aromatic rings. The minimum absolute atomic E-state index is 0.223. The van der Waals surface area contributed by atoms with E-state index in [-0.39, 0.29) is 5.56 Å². The van der Waals surface area contributed by atoms with Crippen LogP contribution in [0, 0.1) is 6.92 Å². The number of hydrazone groups is 1. The number of nitrogens with one attached hydrogen (secondary N) is 1. The number of urea groups is 1. The molecule has 8 heteroatoms. The Balaban J connectivity index is 2.17. The Morgan fingerprint density at radius 3 is 2.83 bits per heavy atom. The summed E-state index contributed by atoms with van der Waals surface area (Å²) in [5.74, 6) is 0.601. The van der Waals surface area contributed by atoms with Crippen LogP contribution in [-0.4, -0.2) is 34.7 Å². The molecule has 24 heavy (non-hydrogen) atoms. The zero-order chi connectivity index (χ0) is 17.1. The molecule has 2 aromatic heterocycles. The van der Waals surface area contributed by atoms with E-state index in [0.29, 0.717) is 17.0 Å². The number of anilines is 1. The van der Waals surface area contributed by atoms with Gasteiger partial charge in [-0.1, -0.05) is 6.07 Å². The minimum Gasteiger partial charge on any atom is -0.356 e. The summed E-state index contributed by atoms with van der Waals surface area (Å²) in [6, 6.07) is 2.94. The number of aromatic nitrogens is 2. The Kier molecular flexibility index (Phi) is 4.45. The Morgan fingerprint density at radius 1 is 1.38 bits per heavy atom. The number of nitrogens with two attached hydrogens (primary N) is 1. The first kappa shape index (κ1) is 16.0. The number of pyridine rings is 1. The molecule has 126 valence electrons. The second-order valence-electron chi connectivity index (χ2n) is 5.82. The van der Waals surface area contributed by atoms with Crippen molar-refractivity contribution in [1.82, 2.24) is 14.8 Å². The highest BCUT2D eigenvalue weighted by molar-refractivity contribution is 5.87. The van der Waals surface area contributed by atoms with Crippen LogP contribution in [0.15, 0.2) is 28.2 Å². The third kappa shape index (κ3) is 3.08. The third-order valence-corrected chi connectivity index (χ3v) is 4.09. The van der Waals surface area contributed by atoms with Crippen LogP contribution in [0.5, 0.6) is 0 Å². The zero-order valence-corrected chi connectivity index (χ0v) is 13.5. The molecular weight excluding hydrogens is 308 g/mol. The summed E-state index contributed by atoms with van der Waals surface area (Å²) in [5, 5.41) is 3.76. The van der Waals surface area contributed by atoms with Crippen molar-refractivity contribution < 1.29 is 4.79 Å². The summed E-state index contributed by atoms with van der Waals surface area (Å²) in [7, 11) is 0. The van der Waals surface area contributed by atoms with Crippen molar-refractivity contribution in [2.75, 3.05) is 18.0 Å². The molecule has 1 aliphatic heterocycles. The fourth-order valence-corrected chi connectivity index (χ4v) is 2.92. The second kappa shape index (κ2) is 6.69. The molecule has 0 aliphatic carbocycles. The van der Waals surface area contributed by atoms with Crippen LogP contribution in [0.2, 0.25) is 0 Å². The lowest BCUT2D eigenvalue weighted by Crippen LogP contribution is -2.34. The van der Waals surface area contributed by atoms with Crippen molar-refractivity contribution in [2.24, 2.45) is 10.8 Å². The summed E-state index contributed by atoms with van der Waals surface area (Å²) < 4.78 is 1.49. The molecule has 0 unspecified atom stereocenters. The highest BCUT2D eigenvalue weighted by Crippen LogP contribution is 2.20. The Hall–Kier alpha value is -2.90. The average Bonchev–Trinajstić information content (AvgIpc) is 2.58. The van der Waals surface area contributed by atoms with Crippen molar-refractivity contribution in [1.29, 1.82) is 0 Å². The summed E-state index contributed by atoms with van der Waals surface area (Å²) in [4.78, 5) is 30.5. The fourth-order valence-electron chi connectivity index (χ4n) is 2.92. The third-order valence-electron chi connectivity index (χ3n) is 4.09. The highest BCUT2D eigenvalue weighted by Gasteiger charge is 2.20. The number of rotatable bonds is 3. The van der Waals surface area contributed by atoms with Gasteiger partial charge in [0.25, 0.3) is 5.56 Å². The maximum atomic E-state index is 12.9. The molecule has 3 N–H and O–H groups in total. The molecule has 3 heterocycles. The molecular formula is C16H20N6O2. The Morgan fingerprint density at radius 2 is 2.12 bits per heavy atom. The monoisotopic (exact) mass is 328 g/mol. The molecule has 1 aliphatic rings. The predicted molar refractivity (Wildman–Crippen MR) is 92.6 cm³/mol. The van der Waals surface area contributed by atoms with Gasteiger partial charge in [0.1, 0.15) is 17.0 Å². The van der Waals surface area contributed by atoms with Gasteiger partial charge in [0.05, 0.1) is 6.21 Å². The summed E-state index contributed by atoms with van der Waals surface area (Å²) in [6.07, 6.45) is 6.29. The standard InChI is InChI=1S/C16H20N6O2/c1-11-6-5-9-22-13(11)19-14(21-7-3-2-4-8-21)12(15(22)23)10-18-20-16(17)24/h5-6,9-10H,2-4,7-8H2,1H3,(H3,17,20,24)/b18-10-. The van der Waals surface area contributed by atoms with E-state index >= 15 is 0 Å². The van der Waals surface area contributed by atoms with Gasteiger partial charge < -0.3 is 10.6 Å². The van der Waals surface area contributed by atoms with Gasteiger partial charge in [-0.05, 0) is 37.8 Å². The van der Waals surface area contributed by atoms with Crippen molar-refractivity contribution in [3.05, 3.63) is 39.8 Å². The molecule has 0 spiro atoms. The number of aryl methyl sites for hydroxylation is 1. The van der Waals surface area contributed by atoms with E-state index in [1.165, 1.54) is 17.0 Å². The number of amides is 2. The number of fused-ring (bicyclic) bond motifs is 1. The van der Waals surface area contributed by atoms with Gasteiger partial charge in [0, 0.05) is 19.3 Å². The molecule has 1 fully saturated rings. The van der Waals surface area contributed by atoms with E-state index < -0.39 is 6.03 Å². The quantitative estimate of drug-likeness (QED) is 0.647. The molecule has 2 amide bonds. The summed E-state index contributed by atoms with van der Waals surface area (Å²) >= 11 is 0. The van der Waals surface area contributed by atoms with Crippen LogP contribution in [0.3, 0.4) is 0 Å². The number of carbonyl (C=O) groups excluding carboxylic acids is 1. The largest absolute Gasteiger partial charge is 0.356 e. The molecule has 8 nitrogen and oxygen atoms in total. The number of hydrogen-bond acceptors (Lipinski definition) is 5. The maximum Gasteiger partial charge on any atom is 0.332 e. The number of nitrogens with zero attached hydrogens (tertiary/aromatic N) is 4. The van der Waals surface area contributed by atoms with Gasteiger partial charge in [0.15, 0.2) is 0 Å². The second-order valence-corrected chi connectivity index (χ2v) is 5.82. The average molecular weight is 328 g/mol. The minimum atomic E-state index is -0.782. The lowest BCUT2D eigenvalue weighted by Gasteiger charge is -2.29. The van der Waals surface area contributed by atoms with Crippen LogP contribution < -0.4 is 21.6 Å². The van der Waals surface area contributed by atoms with Crippen LogP contribution >= 0.6 is 0 Å². The first-order chi connectivity index (χ1) is 11.6. The van der Waals surface area contributed by atoms with Crippen molar-refractivity contribution in [3.63, 3.8) is 0 Å². The van der Waals surface area contributed by atoms with Gasteiger partial charge in [-0.25, -0.2) is 15.2 Å². The lowest BCUT2D eigenvalue weighted by atomic mass is 10.1. The summed E-state index contributed by atoms with van der Waals surface area (Å²) in [5.41, 5.74) is 8.81. The number of hydrogen-bond donors (Lipinski definition) is 2. The van der Waals surface area contributed by atoms with Crippen molar-refractivity contribution >= 4 is 23.7 Å². The van der Waals surface area contributed by atoms with E-state index in [1.807, 2.05) is 13.0 Å². The van der Waals surface area contributed by atoms with E-state index in [4.69, 9.17) is 10.7 Å². The molecule has 0 bridgehead atoms. The van der Waals surface area contributed by atoms with E-state index in [9.17, 15) is 9.59 Å². The number of piperidine rings is 1.